The van der Waals surface area contributed by atoms with Gasteiger partial charge in [-0.1, -0.05) is 31.2 Å². The standard InChI is InChI=1S/C16H27N3O2/c1-13(8-9-20)10-17-16(21)18-11-14-6-4-5-7-15(14)12-19(2)3/h4-7,13,20H,8-12H2,1-3H3,(H2,17,18,21). The lowest BCUT2D eigenvalue weighted by Crippen LogP contribution is -2.37. The summed E-state index contributed by atoms with van der Waals surface area (Å²) in [6.45, 7) is 4.11. The van der Waals surface area contributed by atoms with E-state index in [2.05, 4.69) is 21.6 Å². The third kappa shape index (κ3) is 7.11. The molecule has 0 spiro atoms. The minimum Gasteiger partial charge on any atom is -0.396 e. The highest BCUT2D eigenvalue weighted by Crippen LogP contribution is 2.10. The number of carbonyl (C=O) groups is 1. The minimum atomic E-state index is -0.167. The fraction of sp³-hybridized carbons (Fsp3) is 0.562. The van der Waals surface area contributed by atoms with Gasteiger partial charge in [0.1, 0.15) is 0 Å². The number of benzene rings is 1. The zero-order chi connectivity index (χ0) is 15.7. The molecular formula is C16H27N3O2. The van der Waals surface area contributed by atoms with Gasteiger partial charge in [0, 0.05) is 26.2 Å². The lowest BCUT2D eigenvalue weighted by atomic mass is 10.1. The van der Waals surface area contributed by atoms with Crippen molar-refractivity contribution in [3.05, 3.63) is 35.4 Å². The second-order valence-electron chi connectivity index (χ2n) is 5.69. The molecule has 5 nitrogen and oxygen atoms in total. The van der Waals surface area contributed by atoms with E-state index in [9.17, 15) is 4.79 Å². The molecule has 0 saturated heterocycles. The molecule has 0 saturated carbocycles. The predicted molar refractivity (Wildman–Crippen MR) is 84.9 cm³/mol. The zero-order valence-electron chi connectivity index (χ0n) is 13.2. The maximum absolute atomic E-state index is 11.8. The van der Waals surface area contributed by atoms with Crippen molar-refractivity contribution in [3.63, 3.8) is 0 Å². The first-order valence-electron chi connectivity index (χ1n) is 7.37. The molecule has 0 aliphatic carbocycles. The molecule has 0 aliphatic rings. The lowest BCUT2D eigenvalue weighted by molar-refractivity contribution is 0.233. The molecular weight excluding hydrogens is 266 g/mol. The van der Waals surface area contributed by atoms with E-state index in [-0.39, 0.29) is 18.6 Å². The summed E-state index contributed by atoms with van der Waals surface area (Å²) >= 11 is 0. The quantitative estimate of drug-likeness (QED) is 0.681. The van der Waals surface area contributed by atoms with Gasteiger partial charge < -0.3 is 20.6 Å². The average Bonchev–Trinajstić information content (AvgIpc) is 2.44. The van der Waals surface area contributed by atoms with E-state index in [0.29, 0.717) is 19.5 Å². The van der Waals surface area contributed by atoms with Crippen LogP contribution in [-0.2, 0) is 13.1 Å². The Morgan fingerprint density at radius 2 is 1.90 bits per heavy atom. The molecule has 1 atom stereocenters. The van der Waals surface area contributed by atoms with Crippen molar-refractivity contribution in [1.29, 1.82) is 0 Å². The summed E-state index contributed by atoms with van der Waals surface area (Å²) in [5.41, 5.74) is 2.35. The number of amides is 2. The summed E-state index contributed by atoms with van der Waals surface area (Å²) < 4.78 is 0. The average molecular weight is 293 g/mol. The van der Waals surface area contributed by atoms with Crippen molar-refractivity contribution in [2.75, 3.05) is 27.2 Å². The van der Waals surface area contributed by atoms with E-state index >= 15 is 0 Å². The predicted octanol–water partition coefficient (Wildman–Crippen LogP) is 1.57. The molecule has 1 aromatic rings. The second kappa shape index (κ2) is 9.37. The van der Waals surface area contributed by atoms with Gasteiger partial charge in [-0.2, -0.15) is 0 Å². The van der Waals surface area contributed by atoms with Crippen molar-refractivity contribution in [1.82, 2.24) is 15.5 Å². The van der Waals surface area contributed by atoms with Crippen LogP contribution in [0.15, 0.2) is 24.3 Å². The lowest BCUT2D eigenvalue weighted by Gasteiger charge is -2.15. The summed E-state index contributed by atoms with van der Waals surface area (Å²) in [5.74, 6) is 0.279. The molecule has 0 aliphatic heterocycles. The molecule has 1 aromatic carbocycles. The summed E-state index contributed by atoms with van der Waals surface area (Å²) in [6, 6.07) is 7.95. The van der Waals surface area contributed by atoms with Crippen molar-refractivity contribution < 1.29 is 9.90 Å². The summed E-state index contributed by atoms with van der Waals surface area (Å²) in [6.07, 6.45) is 0.700. The monoisotopic (exact) mass is 293 g/mol. The highest BCUT2D eigenvalue weighted by atomic mass is 16.3. The molecule has 5 heteroatoms. The largest absolute Gasteiger partial charge is 0.396 e. The number of carbonyl (C=O) groups excluding carboxylic acids is 1. The van der Waals surface area contributed by atoms with Crippen LogP contribution in [-0.4, -0.2) is 43.3 Å². The van der Waals surface area contributed by atoms with Crippen LogP contribution < -0.4 is 10.6 Å². The van der Waals surface area contributed by atoms with Crippen LogP contribution in [0.4, 0.5) is 4.79 Å². The third-order valence-electron chi connectivity index (χ3n) is 3.28. The number of nitrogens with zero attached hydrogens (tertiary/aromatic N) is 1. The summed E-state index contributed by atoms with van der Waals surface area (Å²) in [4.78, 5) is 13.9. The van der Waals surface area contributed by atoms with E-state index in [4.69, 9.17) is 5.11 Å². The van der Waals surface area contributed by atoms with Crippen molar-refractivity contribution >= 4 is 6.03 Å². The van der Waals surface area contributed by atoms with Gasteiger partial charge in [-0.3, -0.25) is 0 Å². The first kappa shape index (κ1) is 17.5. The number of rotatable bonds is 8. The van der Waals surface area contributed by atoms with Crippen molar-refractivity contribution in [2.24, 2.45) is 5.92 Å². The molecule has 3 N–H and O–H groups in total. The highest BCUT2D eigenvalue weighted by molar-refractivity contribution is 5.73. The van der Waals surface area contributed by atoms with Crippen LogP contribution in [0, 0.1) is 5.92 Å². The molecule has 0 bridgehead atoms. The molecule has 1 unspecified atom stereocenters. The Hall–Kier alpha value is -1.59. The molecule has 0 aromatic heterocycles. The molecule has 0 radical (unpaired) electrons. The van der Waals surface area contributed by atoms with E-state index in [1.165, 1.54) is 5.56 Å². The third-order valence-corrected chi connectivity index (χ3v) is 3.28. The van der Waals surface area contributed by atoms with Crippen LogP contribution in [0.3, 0.4) is 0 Å². The van der Waals surface area contributed by atoms with Gasteiger partial charge in [-0.05, 0) is 37.6 Å². The fourth-order valence-electron chi connectivity index (χ4n) is 2.05. The van der Waals surface area contributed by atoms with E-state index < -0.39 is 0 Å². The van der Waals surface area contributed by atoms with Gasteiger partial charge in [0.25, 0.3) is 0 Å². The summed E-state index contributed by atoms with van der Waals surface area (Å²) in [7, 11) is 4.05. The molecule has 2 amide bonds. The normalized spacial score (nSPS) is 12.2. The Bertz CT molecular complexity index is 435. The number of nitrogens with one attached hydrogen (secondary N) is 2. The number of hydrogen-bond donors (Lipinski definition) is 3. The Kier molecular flexibility index (Phi) is 7.79. The summed E-state index contributed by atoms with van der Waals surface area (Å²) in [5, 5.41) is 14.5. The van der Waals surface area contributed by atoms with Crippen LogP contribution in [0.2, 0.25) is 0 Å². The second-order valence-corrected chi connectivity index (χ2v) is 5.69. The maximum Gasteiger partial charge on any atom is 0.315 e. The fourth-order valence-corrected chi connectivity index (χ4v) is 2.05. The number of hydrogen-bond acceptors (Lipinski definition) is 3. The smallest absolute Gasteiger partial charge is 0.315 e. The number of urea groups is 1. The van der Waals surface area contributed by atoms with E-state index in [0.717, 1.165) is 12.1 Å². The molecule has 1 rings (SSSR count). The Morgan fingerprint density at radius 1 is 1.24 bits per heavy atom. The zero-order valence-corrected chi connectivity index (χ0v) is 13.2. The van der Waals surface area contributed by atoms with Gasteiger partial charge in [0.05, 0.1) is 0 Å². The Morgan fingerprint density at radius 3 is 2.52 bits per heavy atom. The van der Waals surface area contributed by atoms with Gasteiger partial charge >= 0.3 is 6.03 Å². The molecule has 0 fully saturated rings. The minimum absolute atomic E-state index is 0.155. The van der Waals surface area contributed by atoms with Crippen LogP contribution in [0.5, 0.6) is 0 Å². The van der Waals surface area contributed by atoms with Gasteiger partial charge in [0.15, 0.2) is 0 Å². The van der Waals surface area contributed by atoms with Gasteiger partial charge in [0.2, 0.25) is 0 Å². The Balaban J connectivity index is 2.42. The molecule has 118 valence electrons. The topological polar surface area (TPSA) is 64.6 Å². The van der Waals surface area contributed by atoms with Crippen LogP contribution in [0.25, 0.3) is 0 Å². The number of aliphatic hydroxyl groups is 1. The van der Waals surface area contributed by atoms with Crippen molar-refractivity contribution in [3.8, 4) is 0 Å². The van der Waals surface area contributed by atoms with Crippen molar-refractivity contribution in [2.45, 2.75) is 26.4 Å². The first-order chi connectivity index (χ1) is 10.0. The van der Waals surface area contributed by atoms with Crippen LogP contribution in [0.1, 0.15) is 24.5 Å². The molecule has 0 heterocycles. The van der Waals surface area contributed by atoms with Gasteiger partial charge in [-0.15, -0.1) is 0 Å². The SMILES string of the molecule is CC(CCO)CNC(=O)NCc1ccccc1CN(C)C. The van der Waals surface area contributed by atoms with E-state index in [1.807, 2.05) is 39.2 Å². The maximum atomic E-state index is 11.8. The Labute approximate surface area is 127 Å². The molecule has 21 heavy (non-hydrogen) atoms. The van der Waals surface area contributed by atoms with E-state index in [1.54, 1.807) is 0 Å². The van der Waals surface area contributed by atoms with Gasteiger partial charge in [-0.25, -0.2) is 4.79 Å². The van der Waals surface area contributed by atoms with Crippen LogP contribution >= 0.6 is 0 Å². The first-order valence-corrected chi connectivity index (χ1v) is 7.37. The highest BCUT2D eigenvalue weighted by Gasteiger charge is 2.07. The number of aliphatic hydroxyl groups excluding tert-OH is 1.